The Bertz CT molecular complexity index is 955. The molecule has 0 saturated carbocycles. The zero-order valence-corrected chi connectivity index (χ0v) is 22.9. The molecule has 0 amide bonds. The van der Waals surface area contributed by atoms with Crippen molar-refractivity contribution >= 4 is 29.2 Å². The minimum Gasteiger partial charge on any atom is -0.458 e. The maximum Gasteiger partial charge on any atom is 0.309 e. The molecule has 2 unspecified atom stereocenters. The topological polar surface area (TPSA) is 109 Å². The number of rotatable bonds is 2. The summed E-state index contributed by atoms with van der Waals surface area (Å²) in [5.41, 5.74) is 0.179. The van der Waals surface area contributed by atoms with E-state index in [9.17, 15) is 19.8 Å². The number of aliphatic hydroxyl groups excluding tert-OH is 2. The van der Waals surface area contributed by atoms with Gasteiger partial charge >= 0.3 is 5.97 Å². The molecule has 2 aliphatic rings. The quantitative estimate of drug-likeness (QED) is 0.449. The van der Waals surface area contributed by atoms with Gasteiger partial charge in [0.1, 0.15) is 11.9 Å². The summed E-state index contributed by atoms with van der Waals surface area (Å²) in [6.07, 6.45) is 1.98. The lowest BCUT2D eigenvalue weighted by Gasteiger charge is -2.34. The van der Waals surface area contributed by atoms with Crippen LogP contribution in [0.1, 0.15) is 84.3 Å². The van der Waals surface area contributed by atoms with Crippen LogP contribution in [0.25, 0.3) is 6.08 Å². The summed E-state index contributed by atoms with van der Waals surface area (Å²) in [7, 11) is 0. The molecular weight excluding hydrogens is 466 g/mol. The van der Waals surface area contributed by atoms with E-state index in [-0.39, 0.29) is 29.8 Å². The zero-order valence-electron chi connectivity index (χ0n) is 22.0. The molecular formula is C27H41NO6S. The number of carbonyl (C=O) groups excluding carboxylic acids is 2. The summed E-state index contributed by atoms with van der Waals surface area (Å²) in [5, 5.41) is 24.6. The Morgan fingerprint density at radius 3 is 2.54 bits per heavy atom. The van der Waals surface area contributed by atoms with E-state index < -0.39 is 35.6 Å². The smallest absolute Gasteiger partial charge is 0.309 e. The number of esters is 1. The van der Waals surface area contributed by atoms with Gasteiger partial charge in [-0.05, 0) is 51.2 Å². The molecule has 0 radical (unpaired) electrons. The molecule has 2 N–H and O–H groups in total. The first-order valence-corrected chi connectivity index (χ1v) is 13.5. The molecule has 2 fully saturated rings. The van der Waals surface area contributed by atoms with Crippen LogP contribution in [0.5, 0.6) is 0 Å². The molecule has 7 atom stereocenters. The van der Waals surface area contributed by atoms with Crippen LogP contribution >= 0.6 is 11.3 Å². The Kier molecular flexibility index (Phi) is 8.62. The van der Waals surface area contributed by atoms with Gasteiger partial charge in [-0.1, -0.05) is 34.1 Å². The number of aliphatic hydroxyl groups is 2. The SMILES string of the molecule is C/C(=C\c1csc(C)n1)C1CC2O[C@]2(C)CCC[C@H](C)[C@H](O)[C@@H](C)C(=O)C(C)(C)[C@@H](O)CC(=O)O1. The van der Waals surface area contributed by atoms with Gasteiger partial charge in [0.15, 0.2) is 0 Å². The van der Waals surface area contributed by atoms with Crippen LogP contribution in [0.4, 0.5) is 0 Å². The zero-order chi connectivity index (χ0) is 26.1. The first-order chi connectivity index (χ1) is 16.2. The van der Waals surface area contributed by atoms with E-state index in [2.05, 4.69) is 11.9 Å². The molecule has 3 rings (SSSR count). The molecule has 2 saturated heterocycles. The Balaban J connectivity index is 1.85. The van der Waals surface area contributed by atoms with Crippen molar-refractivity contribution < 1.29 is 29.3 Å². The van der Waals surface area contributed by atoms with Gasteiger partial charge in [-0.15, -0.1) is 11.3 Å². The van der Waals surface area contributed by atoms with Crippen LogP contribution in [-0.4, -0.2) is 57.0 Å². The third kappa shape index (κ3) is 6.59. The van der Waals surface area contributed by atoms with E-state index in [0.29, 0.717) is 6.42 Å². The summed E-state index contributed by atoms with van der Waals surface area (Å²) >= 11 is 1.56. The number of ketones is 1. The number of hydrogen-bond donors (Lipinski definition) is 2. The van der Waals surface area contributed by atoms with Crippen molar-refractivity contribution in [2.75, 3.05) is 0 Å². The maximum atomic E-state index is 13.2. The van der Waals surface area contributed by atoms with Crippen molar-refractivity contribution in [1.82, 2.24) is 4.98 Å². The third-order valence-electron chi connectivity index (χ3n) is 7.93. The monoisotopic (exact) mass is 507 g/mol. The van der Waals surface area contributed by atoms with Crippen LogP contribution in [0.15, 0.2) is 11.0 Å². The molecule has 196 valence electrons. The number of fused-ring (bicyclic) bond motifs is 1. The number of aryl methyl sites for hydroxylation is 1. The largest absolute Gasteiger partial charge is 0.458 e. The predicted molar refractivity (Wildman–Crippen MR) is 136 cm³/mol. The van der Waals surface area contributed by atoms with Gasteiger partial charge in [0.2, 0.25) is 0 Å². The molecule has 2 aliphatic heterocycles. The lowest BCUT2D eigenvalue weighted by atomic mass is 9.73. The van der Waals surface area contributed by atoms with E-state index in [0.717, 1.165) is 35.5 Å². The van der Waals surface area contributed by atoms with Crippen molar-refractivity contribution in [1.29, 1.82) is 0 Å². The minimum atomic E-state index is -1.23. The van der Waals surface area contributed by atoms with Crippen LogP contribution in [0, 0.1) is 24.2 Å². The third-order valence-corrected chi connectivity index (χ3v) is 8.72. The van der Waals surface area contributed by atoms with E-state index >= 15 is 0 Å². The van der Waals surface area contributed by atoms with Crippen molar-refractivity contribution in [3.05, 3.63) is 21.7 Å². The van der Waals surface area contributed by atoms with Gasteiger partial charge in [-0.3, -0.25) is 9.59 Å². The summed E-state index contributed by atoms with van der Waals surface area (Å²) in [4.78, 5) is 30.6. The summed E-state index contributed by atoms with van der Waals surface area (Å²) in [6.45, 7) is 12.8. The average Bonchev–Trinajstić information content (AvgIpc) is 3.22. The van der Waals surface area contributed by atoms with Crippen LogP contribution in [0.2, 0.25) is 0 Å². The molecule has 0 bridgehead atoms. The molecule has 3 heterocycles. The highest BCUT2D eigenvalue weighted by Gasteiger charge is 2.53. The molecule has 1 aromatic heterocycles. The van der Waals surface area contributed by atoms with Gasteiger partial charge < -0.3 is 19.7 Å². The highest BCUT2D eigenvalue weighted by atomic mass is 32.1. The van der Waals surface area contributed by atoms with Gasteiger partial charge in [-0.2, -0.15) is 0 Å². The second-order valence-electron chi connectivity index (χ2n) is 11.3. The lowest BCUT2D eigenvalue weighted by molar-refractivity contribution is -0.154. The van der Waals surface area contributed by atoms with Gasteiger partial charge in [0.25, 0.3) is 0 Å². The average molecular weight is 508 g/mol. The first kappa shape index (κ1) is 28.0. The highest BCUT2D eigenvalue weighted by Crippen LogP contribution is 2.45. The lowest BCUT2D eigenvalue weighted by Crippen LogP contribution is -2.45. The standard InChI is InChI=1S/C27H41NO6S/c1-15-9-8-10-27(7)22(34-27)12-20(16(2)11-19-14-35-18(4)28-19)33-23(30)13-21(29)26(5,6)25(32)17(3)24(15)31/h11,14-15,17,20-22,24,29,31H,8-10,12-13H2,1-7H3/b16-11+/t15-,17+,20?,21-,22?,24-,27+/m0/s1. The van der Waals surface area contributed by atoms with Crippen LogP contribution in [0.3, 0.4) is 0 Å². The predicted octanol–water partition coefficient (Wildman–Crippen LogP) is 4.48. The number of cyclic esters (lactones) is 1. The maximum absolute atomic E-state index is 13.2. The van der Waals surface area contributed by atoms with E-state index in [1.54, 1.807) is 32.1 Å². The number of Topliss-reactive ketones (excluding diaryl/α,β-unsaturated/α-hetero) is 1. The second-order valence-corrected chi connectivity index (χ2v) is 12.3. The van der Waals surface area contributed by atoms with Gasteiger partial charge in [0.05, 0.1) is 46.5 Å². The van der Waals surface area contributed by atoms with Crippen molar-refractivity contribution in [3.8, 4) is 0 Å². The van der Waals surface area contributed by atoms with E-state index in [4.69, 9.17) is 9.47 Å². The van der Waals surface area contributed by atoms with Crippen LogP contribution < -0.4 is 0 Å². The number of carbonyl (C=O) groups is 2. The summed E-state index contributed by atoms with van der Waals surface area (Å²) in [5.74, 6) is -1.55. The van der Waals surface area contributed by atoms with Crippen molar-refractivity contribution in [3.63, 3.8) is 0 Å². The van der Waals surface area contributed by atoms with E-state index in [1.165, 1.54) is 0 Å². The Morgan fingerprint density at radius 2 is 1.91 bits per heavy atom. The number of aromatic nitrogens is 1. The van der Waals surface area contributed by atoms with Crippen molar-refractivity contribution in [2.24, 2.45) is 17.3 Å². The molecule has 35 heavy (non-hydrogen) atoms. The number of nitrogens with zero attached hydrogens (tertiary/aromatic N) is 1. The molecule has 1 aromatic rings. The Labute approximate surface area is 212 Å². The Morgan fingerprint density at radius 1 is 1.23 bits per heavy atom. The molecule has 0 aliphatic carbocycles. The second kappa shape index (κ2) is 10.8. The number of thiazole rings is 1. The fourth-order valence-corrected chi connectivity index (χ4v) is 5.64. The first-order valence-electron chi connectivity index (χ1n) is 12.6. The Hall–Kier alpha value is -1.61. The molecule has 0 spiro atoms. The minimum absolute atomic E-state index is 0.0455. The highest BCUT2D eigenvalue weighted by molar-refractivity contribution is 7.09. The normalized spacial score (nSPS) is 37.5. The van der Waals surface area contributed by atoms with Crippen LogP contribution in [-0.2, 0) is 19.1 Å². The molecule has 8 heteroatoms. The summed E-state index contributed by atoms with van der Waals surface area (Å²) < 4.78 is 11.9. The fourth-order valence-electron chi connectivity index (χ4n) is 5.07. The number of hydrogen-bond acceptors (Lipinski definition) is 8. The van der Waals surface area contributed by atoms with Gasteiger partial charge in [-0.25, -0.2) is 4.98 Å². The number of ether oxygens (including phenoxy) is 2. The molecule has 7 nitrogen and oxygen atoms in total. The molecule has 0 aromatic carbocycles. The summed E-state index contributed by atoms with van der Waals surface area (Å²) in [6, 6.07) is 0. The number of epoxide rings is 1. The fraction of sp³-hybridized carbons (Fsp3) is 0.741. The van der Waals surface area contributed by atoms with E-state index in [1.807, 2.05) is 32.2 Å². The van der Waals surface area contributed by atoms with Crippen molar-refractivity contribution in [2.45, 2.75) is 111 Å². The van der Waals surface area contributed by atoms with Gasteiger partial charge in [0, 0.05) is 17.7 Å².